The number of amides is 1. The van der Waals surface area contributed by atoms with E-state index >= 15 is 0 Å². The van der Waals surface area contributed by atoms with Gasteiger partial charge in [-0.25, -0.2) is 8.60 Å². The van der Waals surface area contributed by atoms with Crippen LogP contribution in [0.1, 0.15) is 18.4 Å². The van der Waals surface area contributed by atoms with Crippen LogP contribution in [0.2, 0.25) is 0 Å². The zero-order valence-electron chi connectivity index (χ0n) is 13.6. The first-order chi connectivity index (χ1) is 12.0. The number of rotatable bonds is 6. The number of anilines is 1. The summed E-state index contributed by atoms with van der Waals surface area (Å²) in [6, 6.07) is 2.74. The van der Waals surface area contributed by atoms with Gasteiger partial charge in [0.2, 0.25) is 11.2 Å². The van der Waals surface area contributed by atoms with Gasteiger partial charge in [0.15, 0.2) is 5.82 Å². The van der Waals surface area contributed by atoms with Crippen molar-refractivity contribution >= 4 is 29.1 Å². The number of nitrogens with zero attached hydrogens (tertiary/aromatic N) is 2. The van der Waals surface area contributed by atoms with Gasteiger partial charge in [-0.1, -0.05) is 0 Å². The van der Waals surface area contributed by atoms with E-state index < -0.39 is 22.9 Å². The number of aldehydes is 1. The molecule has 2 atom stereocenters. The molecular weight excluding hydrogens is 349 g/mol. The second-order valence-electron chi connectivity index (χ2n) is 6.36. The number of phenolic OH excluding ortho intramolecular Hbond substituents is 1. The normalized spacial score (nSPS) is 23.9. The molecule has 1 aromatic carbocycles. The molecule has 1 amide bonds. The number of halogens is 1. The van der Waals surface area contributed by atoms with Crippen LogP contribution in [0, 0.1) is 11.7 Å². The molecule has 0 spiro atoms. The minimum Gasteiger partial charge on any atom is -0.506 e. The molecule has 0 aliphatic carbocycles. The number of hydrogen-bond donors (Lipinski definition) is 2. The van der Waals surface area contributed by atoms with Crippen LogP contribution in [-0.4, -0.2) is 52.6 Å². The van der Waals surface area contributed by atoms with E-state index in [1.807, 2.05) is 0 Å². The van der Waals surface area contributed by atoms with Gasteiger partial charge in [0.1, 0.15) is 24.3 Å². The summed E-state index contributed by atoms with van der Waals surface area (Å²) in [6.45, 7) is 2.21. The summed E-state index contributed by atoms with van der Waals surface area (Å²) in [5.74, 6) is -1.14. The highest BCUT2D eigenvalue weighted by molar-refractivity contribution is 7.85. The Morgan fingerprint density at radius 1 is 1.44 bits per heavy atom. The van der Waals surface area contributed by atoms with E-state index in [9.17, 15) is 23.3 Å². The molecule has 0 saturated carbocycles. The number of benzene rings is 1. The quantitative estimate of drug-likeness (QED) is 0.713. The molecule has 136 valence electrons. The first-order valence-corrected chi connectivity index (χ1v) is 9.25. The van der Waals surface area contributed by atoms with Crippen LogP contribution in [0.25, 0.3) is 0 Å². The summed E-state index contributed by atoms with van der Waals surface area (Å²) in [6.07, 6.45) is 3.06. The Balaban J connectivity index is 1.65. The number of hydrogen-bond acceptors (Lipinski definition) is 5. The topological polar surface area (TPSA) is 90.0 Å². The Bertz CT molecular complexity index is 692. The fourth-order valence-electron chi connectivity index (χ4n) is 3.30. The molecule has 25 heavy (non-hydrogen) atoms. The fourth-order valence-corrected chi connectivity index (χ4v) is 4.25. The van der Waals surface area contributed by atoms with Gasteiger partial charge in [0.25, 0.3) is 5.91 Å². The second kappa shape index (κ2) is 7.49. The van der Waals surface area contributed by atoms with E-state index in [2.05, 4.69) is 9.62 Å². The summed E-state index contributed by atoms with van der Waals surface area (Å²) in [4.78, 5) is 24.1. The molecule has 0 aromatic heterocycles. The fraction of sp³-hybridized carbons (Fsp3) is 0.500. The Morgan fingerprint density at radius 3 is 2.88 bits per heavy atom. The molecule has 0 radical (unpaired) electrons. The third-order valence-corrected chi connectivity index (χ3v) is 5.67. The van der Waals surface area contributed by atoms with Gasteiger partial charge >= 0.3 is 0 Å². The number of likely N-dealkylation sites (tertiary alicyclic amines) is 1. The van der Waals surface area contributed by atoms with Crippen LogP contribution >= 0.6 is 0 Å². The average molecular weight is 369 g/mol. The molecule has 9 heteroatoms. The molecule has 2 aliphatic rings. The summed E-state index contributed by atoms with van der Waals surface area (Å²) in [5, 5.41) is 10.1. The Labute approximate surface area is 147 Å². The van der Waals surface area contributed by atoms with Gasteiger partial charge in [-0.2, -0.15) is 0 Å². The number of phenols is 1. The number of nitrogens with one attached hydrogen (secondary N) is 1. The summed E-state index contributed by atoms with van der Waals surface area (Å²) in [5.41, 5.74) is 0.398. The third kappa shape index (κ3) is 3.98. The molecule has 2 unspecified atom stereocenters. The Morgan fingerprint density at radius 2 is 2.24 bits per heavy atom. The van der Waals surface area contributed by atoms with Gasteiger partial charge in [-0.05, 0) is 43.0 Å². The van der Waals surface area contributed by atoms with Crippen LogP contribution in [0.15, 0.2) is 12.1 Å². The van der Waals surface area contributed by atoms with Gasteiger partial charge in [0, 0.05) is 19.5 Å². The van der Waals surface area contributed by atoms with Crippen LogP contribution in [0.4, 0.5) is 10.1 Å². The van der Waals surface area contributed by atoms with E-state index in [1.165, 1.54) is 12.1 Å². The first kappa shape index (κ1) is 17.8. The Hall–Kier alpha value is -2.00. The lowest BCUT2D eigenvalue weighted by atomic mass is 10.1. The minimum atomic E-state index is -1.88. The third-order valence-electron chi connectivity index (χ3n) is 4.56. The first-order valence-electron chi connectivity index (χ1n) is 8.14. The Kier molecular flexibility index (Phi) is 5.33. The lowest BCUT2D eigenvalue weighted by Crippen LogP contribution is -2.24. The molecule has 3 rings (SSSR count). The minimum absolute atomic E-state index is 0.229. The molecular formula is C16H20FN3O4S. The maximum Gasteiger partial charge on any atom is 0.253 e. The van der Waals surface area contributed by atoms with E-state index in [1.54, 1.807) is 0 Å². The predicted molar refractivity (Wildman–Crippen MR) is 90.6 cm³/mol. The number of aromatic hydroxyl groups is 1. The van der Waals surface area contributed by atoms with Gasteiger partial charge < -0.3 is 14.8 Å². The lowest BCUT2D eigenvalue weighted by molar-refractivity contribution is -0.117. The SMILES string of the molecule is O=CCC1CCN(CCc2cc(O)c(N3CC(=O)NS3=O)c(F)c2)C1. The zero-order valence-corrected chi connectivity index (χ0v) is 14.4. The molecule has 0 bridgehead atoms. The summed E-state index contributed by atoms with van der Waals surface area (Å²) in [7, 11) is 0. The van der Waals surface area contributed by atoms with Crippen LogP contribution in [0.5, 0.6) is 5.75 Å². The highest BCUT2D eigenvalue weighted by Gasteiger charge is 2.31. The highest BCUT2D eigenvalue weighted by Crippen LogP contribution is 2.34. The maximum absolute atomic E-state index is 14.4. The molecule has 2 saturated heterocycles. The van der Waals surface area contributed by atoms with Crippen molar-refractivity contribution in [3.8, 4) is 5.75 Å². The standard InChI is InChI=1S/C16H20FN3O4S/c17-13-7-12(2-5-19-4-1-11(9-19)3-6-21)8-14(22)16(13)20-10-15(23)18-25(20)24/h6-8,11,22H,1-5,9-10H2,(H,18,23). The van der Waals surface area contributed by atoms with Crippen molar-refractivity contribution in [3.63, 3.8) is 0 Å². The van der Waals surface area contributed by atoms with Crippen LogP contribution < -0.4 is 9.03 Å². The largest absolute Gasteiger partial charge is 0.506 e. The van der Waals surface area contributed by atoms with Crippen molar-refractivity contribution in [3.05, 3.63) is 23.5 Å². The van der Waals surface area contributed by atoms with Crippen molar-refractivity contribution in [1.29, 1.82) is 0 Å². The molecule has 2 N–H and O–H groups in total. The van der Waals surface area contributed by atoms with Gasteiger partial charge in [-0.15, -0.1) is 0 Å². The van der Waals surface area contributed by atoms with Gasteiger partial charge in [0.05, 0.1) is 0 Å². The lowest BCUT2D eigenvalue weighted by Gasteiger charge is -2.18. The smallest absolute Gasteiger partial charge is 0.253 e. The number of carbonyl (C=O) groups excluding carboxylic acids is 2. The van der Waals surface area contributed by atoms with E-state index in [0.717, 1.165) is 30.1 Å². The molecule has 2 heterocycles. The maximum atomic E-state index is 14.4. The van der Waals surface area contributed by atoms with Crippen molar-refractivity contribution in [1.82, 2.24) is 9.62 Å². The van der Waals surface area contributed by atoms with E-state index in [4.69, 9.17) is 0 Å². The molecule has 7 nitrogen and oxygen atoms in total. The number of carbonyl (C=O) groups is 2. The molecule has 2 fully saturated rings. The van der Waals surface area contributed by atoms with E-state index in [-0.39, 0.29) is 18.0 Å². The second-order valence-corrected chi connectivity index (χ2v) is 7.51. The molecule has 2 aliphatic heterocycles. The van der Waals surface area contributed by atoms with Gasteiger partial charge in [-0.3, -0.25) is 13.8 Å². The van der Waals surface area contributed by atoms with Crippen molar-refractivity contribution in [2.45, 2.75) is 19.3 Å². The summed E-state index contributed by atoms with van der Waals surface area (Å²) >= 11 is -1.88. The van der Waals surface area contributed by atoms with E-state index in [0.29, 0.717) is 30.9 Å². The molecule has 1 aromatic rings. The van der Waals surface area contributed by atoms with Crippen molar-refractivity contribution in [2.75, 3.05) is 30.5 Å². The predicted octanol–water partition coefficient (Wildman–Crippen LogP) is 0.500. The van der Waals surface area contributed by atoms with Crippen LogP contribution in [-0.2, 0) is 27.2 Å². The average Bonchev–Trinajstić information content (AvgIpc) is 3.12. The monoisotopic (exact) mass is 369 g/mol. The summed E-state index contributed by atoms with van der Waals surface area (Å²) < 4.78 is 29.3. The van der Waals surface area contributed by atoms with Crippen molar-refractivity contribution < 1.29 is 23.3 Å². The van der Waals surface area contributed by atoms with Crippen LogP contribution in [0.3, 0.4) is 0 Å². The van der Waals surface area contributed by atoms with Crippen molar-refractivity contribution in [2.24, 2.45) is 5.92 Å². The zero-order chi connectivity index (χ0) is 18.0. The highest BCUT2D eigenvalue weighted by atomic mass is 32.2.